The van der Waals surface area contributed by atoms with Crippen LogP contribution < -0.4 is 30.7 Å². The molecule has 0 saturated carbocycles. The zero-order valence-corrected chi connectivity index (χ0v) is 44.2. The lowest BCUT2D eigenvalue weighted by Gasteiger charge is -2.34. The van der Waals surface area contributed by atoms with Gasteiger partial charge in [-0.2, -0.15) is 0 Å². The molecule has 0 spiro atoms. The number of ether oxygens (including phenoxy) is 2. The molecule has 21 heteroatoms. The number of carbonyl (C=O) groups is 8. The molecule has 19 nitrogen and oxygen atoms in total. The van der Waals surface area contributed by atoms with Crippen LogP contribution in [0.15, 0.2) is 121 Å². The first kappa shape index (κ1) is 57.1. The number of aromatic carboxylic acids is 4. The average Bonchev–Trinajstić information content (AvgIpc) is 3.35. The maximum atomic E-state index is 13.1. The van der Waals surface area contributed by atoms with Crippen LogP contribution in [0.4, 0.5) is 11.4 Å². The first-order valence-electron chi connectivity index (χ1n) is 23.0. The summed E-state index contributed by atoms with van der Waals surface area (Å²) >= 11 is 0. The Labute approximate surface area is 433 Å². The zero-order valence-electron chi connectivity index (χ0n) is 42.2. The molecule has 6 aromatic rings. The number of rotatable bonds is 21. The lowest BCUT2D eigenvalue weighted by atomic mass is 9.94. The Hall–Kier alpha value is -8.77. The van der Waals surface area contributed by atoms with Gasteiger partial charge in [0.2, 0.25) is 0 Å². The van der Waals surface area contributed by atoms with Crippen LogP contribution in [-0.4, -0.2) is 111 Å². The minimum Gasteiger partial charge on any atom is -0.478 e. The van der Waals surface area contributed by atoms with Crippen molar-refractivity contribution in [2.24, 2.45) is 0 Å². The highest BCUT2D eigenvalue weighted by Crippen LogP contribution is 2.30. The lowest BCUT2D eigenvalue weighted by Crippen LogP contribution is -2.55. The van der Waals surface area contributed by atoms with Crippen molar-refractivity contribution in [1.29, 1.82) is 0 Å². The van der Waals surface area contributed by atoms with Gasteiger partial charge in [-0.3, -0.25) is 19.2 Å². The van der Waals surface area contributed by atoms with E-state index in [0.29, 0.717) is 28.3 Å². The molecule has 6 rings (SSSR count). The van der Waals surface area contributed by atoms with E-state index in [9.17, 15) is 58.8 Å². The monoisotopic (exact) mass is 1060 g/mol. The molecular weight excluding hydrogens is 1000 g/mol. The number of amides is 2. The van der Waals surface area contributed by atoms with Crippen LogP contribution in [0, 0.1) is 0 Å². The van der Waals surface area contributed by atoms with Crippen molar-refractivity contribution in [2.45, 2.75) is 40.0 Å². The maximum Gasteiger partial charge on any atom is 0.336 e. The molecule has 0 saturated heterocycles. The van der Waals surface area contributed by atoms with E-state index in [1.54, 1.807) is 24.3 Å². The smallest absolute Gasteiger partial charge is 0.336 e. The van der Waals surface area contributed by atoms with E-state index < -0.39 is 63.9 Å². The van der Waals surface area contributed by atoms with E-state index >= 15 is 0 Å². The van der Waals surface area contributed by atoms with Crippen molar-refractivity contribution in [3.8, 4) is 34.1 Å². The topological polar surface area (TPSA) is 293 Å². The summed E-state index contributed by atoms with van der Waals surface area (Å²) in [7, 11) is -0.582. The van der Waals surface area contributed by atoms with Gasteiger partial charge in [0.25, 0.3) is 11.8 Å². The van der Waals surface area contributed by atoms with E-state index in [0.717, 1.165) is 11.9 Å². The Morgan fingerprint density at radius 3 is 1.23 bits per heavy atom. The molecule has 0 unspecified atom stereocenters. The summed E-state index contributed by atoms with van der Waals surface area (Å²) in [4.78, 5) is 96.4. The molecule has 8 N–H and O–H groups in total. The highest BCUT2D eigenvalue weighted by Gasteiger charge is 2.33. The molecule has 0 radical (unpaired) electrons. The number of hydrogen-bond donors (Lipinski definition) is 8. The van der Waals surface area contributed by atoms with Crippen LogP contribution in [0.3, 0.4) is 0 Å². The third-order valence-electron chi connectivity index (χ3n) is 11.1. The second kappa shape index (κ2) is 24.8. The number of benzene rings is 6. The van der Waals surface area contributed by atoms with Crippen LogP contribution in [0.25, 0.3) is 11.1 Å². The molecule has 390 valence electrons. The van der Waals surface area contributed by atoms with Crippen molar-refractivity contribution in [2.75, 3.05) is 37.1 Å². The van der Waals surface area contributed by atoms with Crippen molar-refractivity contribution in [3.05, 3.63) is 166 Å². The fourth-order valence-electron chi connectivity index (χ4n) is 7.73. The third-order valence-corrected chi connectivity index (χ3v) is 17.7. The molecule has 0 aliphatic carbocycles. The molecule has 0 aliphatic heterocycles. The third kappa shape index (κ3) is 15.6. The summed E-state index contributed by atoms with van der Waals surface area (Å²) < 4.78 is 17.9. The van der Waals surface area contributed by atoms with Crippen molar-refractivity contribution in [3.63, 3.8) is 0 Å². The van der Waals surface area contributed by atoms with Crippen molar-refractivity contribution >= 4 is 75.3 Å². The maximum absolute atomic E-state index is 13.1. The van der Waals surface area contributed by atoms with Gasteiger partial charge in [0.15, 0.2) is 28.2 Å². The van der Waals surface area contributed by atoms with Gasteiger partial charge in [-0.1, -0.05) is 12.1 Å². The number of carboxylic acids is 4. The number of ketones is 2. The minimum absolute atomic E-state index is 0.00796. The van der Waals surface area contributed by atoms with Crippen LogP contribution in [0.5, 0.6) is 23.0 Å². The summed E-state index contributed by atoms with van der Waals surface area (Å²) in [6, 6.07) is 30.2. The number of carboxylic acid groups (broad SMARTS) is 4. The summed E-state index contributed by atoms with van der Waals surface area (Å²) in [6.45, 7) is 10.7. The largest absolute Gasteiger partial charge is 0.478 e. The molecule has 0 atom stereocenters. The average molecular weight is 1060 g/mol. The summed E-state index contributed by atoms with van der Waals surface area (Å²) in [5.74, 6) is -5.66. The first-order valence-corrected chi connectivity index (χ1v) is 29.2. The Bertz CT molecular complexity index is 3180. The van der Waals surface area contributed by atoms with Gasteiger partial charge in [0.1, 0.15) is 23.0 Å². The van der Waals surface area contributed by atoms with Gasteiger partial charge < -0.3 is 55.3 Å². The second-order valence-corrected chi connectivity index (χ2v) is 26.6. The van der Waals surface area contributed by atoms with Gasteiger partial charge >= 0.3 is 23.9 Å². The molecule has 0 aliphatic rings. The number of nitrogens with one attached hydrogen (secondary N) is 4. The van der Waals surface area contributed by atoms with E-state index in [-0.39, 0.29) is 62.2 Å². The van der Waals surface area contributed by atoms with Gasteiger partial charge in [-0.15, -0.1) is 0 Å². The van der Waals surface area contributed by atoms with Gasteiger partial charge in [0.05, 0.1) is 33.4 Å². The van der Waals surface area contributed by atoms with E-state index in [4.69, 9.17) is 13.6 Å². The minimum atomic E-state index is -2.29. The van der Waals surface area contributed by atoms with E-state index in [1.807, 2.05) is 51.5 Å². The lowest BCUT2D eigenvalue weighted by molar-refractivity contribution is 0.0683. The molecule has 75 heavy (non-hydrogen) atoms. The van der Waals surface area contributed by atoms with E-state index in [1.165, 1.54) is 86.6 Å². The van der Waals surface area contributed by atoms with Crippen LogP contribution in [-0.2, 0) is 4.12 Å². The number of anilines is 2. The molecule has 2 amide bonds. The zero-order chi connectivity index (χ0) is 55.4. The predicted molar refractivity (Wildman–Crippen MR) is 285 cm³/mol. The van der Waals surface area contributed by atoms with Gasteiger partial charge in [0, 0.05) is 41.9 Å². The van der Waals surface area contributed by atoms with Gasteiger partial charge in [-0.25, -0.2) is 19.2 Å². The normalized spacial score (nSPS) is 11.0. The molecule has 0 fully saturated rings. The number of hydrogen-bond acceptors (Lipinski definition) is 13. The van der Waals surface area contributed by atoms with Crippen LogP contribution in [0.1, 0.15) is 96.7 Å². The summed E-state index contributed by atoms with van der Waals surface area (Å²) in [6.07, 6.45) is 1.05. The van der Waals surface area contributed by atoms with E-state index in [2.05, 4.69) is 34.4 Å². The number of Topliss-reactive ketones (excluding diaryl/α,β-unsaturated/α-hetero) is 2. The second-order valence-electron chi connectivity index (χ2n) is 18.1. The highest BCUT2D eigenvalue weighted by atomic mass is 28.4. The predicted octanol–water partition coefficient (Wildman–Crippen LogP) is 9.57. The summed E-state index contributed by atoms with van der Waals surface area (Å²) in [5.41, 5.74) is 1.34. The molecule has 6 aromatic carbocycles. The fourth-order valence-corrected chi connectivity index (χ4v) is 15.7. The Kier molecular flexibility index (Phi) is 18.9. The molecule has 0 aromatic heterocycles. The Morgan fingerprint density at radius 2 is 0.787 bits per heavy atom. The molecule has 0 heterocycles. The number of carbonyl (C=O) groups excluding carboxylic acids is 4. The quantitative estimate of drug-likeness (QED) is 0.0246. The Balaban J connectivity index is 0.000000279. The molecular formula is C54H56N4O15Si2. The fraction of sp³-hybridized carbons (Fsp3) is 0.185. The first-order chi connectivity index (χ1) is 35.3. The van der Waals surface area contributed by atoms with Gasteiger partial charge in [-0.05, 0) is 167 Å². The van der Waals surface area contributed by atoms with Crippen molar-refractivity contribution < 1.29 is 72.4 Å². The SMILES string of the molecule is CNC[Si](C)(C)O[Si](C)(C)CNC(=O)c1cc(Oc2ccc(C(=O)O)c(C(C)=O)c2)ccc1C(=O)O.CNc1ccc(Oc2ccc(NC(=O)c3cc(-c4ccc(C(=O)O)c(C(C)=O)c4)ccc3C(=O)O)cc2)cc1. The van der Waals surface area contributed by atoms with Crippen LogP contribution >= 0.6 is 0 Å². The standard InChI is InChI=1S/C30H24N2O7.C24H32N2O8Si2/c1-17(33)26-15-18(3-13-24(26)29(35)36)19-4-14-25(30(37)38)27(16-19)28(34)32-21-7-11-23(12-8-21)39-22-9-5-20(31-2)6-10-22;1-15(27)20-11-16(7-9-18(20)23(29)30)33-17-8-10-19(24(31)32)21(12-17)22(28)26-14-36(5,6)34-35(3,4)13-25-2/h3-16,31H,1-2H3,(H,32,34)(H,35,36)(H,37,38);7-12,25H,13-14H2,1-6H3,(H,26,28)(H,29,30)(H,31,32). The summed E-state index contributed by atoms with van der Waals surface area (Å²) in [5, 5.41) is 49.5. The highest BCUT2D eigenvalue weighted by molar-refractivity contribution is 6.85. The van der Waals surface area contributed by atoms with Crippen LogP contribution in [0.2, 0.25) is 26.2 Å². The van der Waals surface area contributed by atoms with Crippen molar-refractivity contribution in [1.82, 2.24) is 10.6 Å². The molecule has 0 bridgehead atoms. The Morgan fingerprint density at radius 1 is 0.427 bits per heavy atom.